The Labute approximate surface area is 124 Å². The number of nitrogens with one attached hydrogen (secondary N) is 2. The minimum atomic E-state index is -3.63. The second kappa shape index (κ2) is 5.33. The molecular formula is C7H7Br2N5O2S2. The monoisotopic (exact) mass is 415 g/mol. The molecule has 7 nitrogen and oxygen atoms in total. The number of hydrogen-bond donors (Lipinski definition) is 2. The molecule has 2 aromatic rings. The summed E-state index contributed by atoms with van der Waals surface area (Å²) in [5, 5.41) is 13.1. The number of tetrazole rings is 1. The average Bonchev–Trinajstić information content (AvgIpc) is 2.86. The van der Waals surface area contributed by atoms with Crippen molar-refractivity contribution in [3.8, 4) is 0 Å². The lowest BCUT2D eigenvalue weighted by Gasteiger charge is -2.09. The van der Waals surface area contributed by atoms with Crippen molar-refractivity contribution in [3.05, 3.63) is 19.5 Å². The van der Waals surface area contributed by atoms with Gasteiger partial charge in [0.1, 0.15) is 4.90 Å². The first-order valence-corrected chi connectivity index (χ1v) is 8.49. The maximum atomic E-state index is 12.1. The van der Waals surface area contributed by atoms with Gasteiger partial charge in [-0.25, -0.2) is 13.1 Å². The number of aromatic nitrogens is 4. The Kier molecular flexibility index (Phi) is 4.16. The lowest BCUT2D eigenvalue weighted by molar-refractivity contribution is 0.560. The third-order valence-corrected chi connectivity index (χ3v) is 6.29. The van der Waals surface area contributed by atoms with Crippen molar-refractivity contribution < 1.29 is 8.42 Å². The number of thiophene rings is 1. The van der Waals surface area contributed by atoms with Gasteiger partial charge in [-0.3, -0.25) is 0 Å². The summed E-state index contributed by atoms with van der Waals surface area (Å²) in [6, 6.07) is 0.958. The van der Waals surface area contributed by atoms with Crippen molar-refractivity contribution >= 4 is 53.2 Å². The van der Waals surface area contributed by atoms with Crippen molar-refractivity contribution in [1.82, 2.24) is 25.3 Å². The summed E-state index contributed by atoms with van der Waals surface area (Å²) in [6.07, 6.45) is 0. The zero-order valence-corrected chi connectivity index (χ0v) is 13.7. The van der Waals surface area contributed by atoms with Crippen LogP contribution in [0.1, 0.15) is 18.8 Å². The van der Waals surface area contributed by atoms with E-state index in [1.54, 1.807) is 6.92 Å². The molecule has 0 radical (unpaired) electrons. The number of H-pyrrole nitrogens is 1. The molecule has 0 aliphatic carbocycles. The average molecular weight is 417 g/mol. The number of sulfonamides is 1. The van der Waals surface area contributed by atoms with E-state index in [0.717, 1.165) is 3.79 Å². The molecule has 0 fully saturated rings. The standard InChI is InChI=1S/C7H7Br2N5O2S2/c1-3(7-10-13-14-11-7)12-18(15,16)4-2-5(8)17-6(4)9/h2-3,12H,1H3,(H,10,11,13,14). The van der Waals surface area contributed by atoms with E-state index >= 15 is 0 Å². The molecule has 0 saturated carbocycles. The summed E-state index contributed by atoms with van der Waals surface area (Å²) in [4.78, 5) is 0.176. The fraction of sp³-hybridized carbons (Fsp3) is 0.286. The normalized spacial score (nSPS) is 13.7. The number of aromatic amines is 1. The number of hydrogen-bond acceptors (Lipinski definition) is 6. The Bertz CT molecular complexity index is 639. The van der Waals surface area contributed by atoms with Crippen LogP contribution >= 0.6 is 43.2 Å². The van der Waals surface area contributed by atoms with Gasteiger partial charge in [0.05, 0.1) is 13.6 Å². The van der Waals surface area contributed by atoms with Gasteiger partial charge in [-0.1, -0.05) is 5.21 Å². The van der Waals surface area contributed by atoms with E-state index in [4.69, 9.17) is 0 Å². The molecule has 0 spiro atoms. The number of nitrogens with zero attached hydrogens (tertiary/aromatic N) is 3. The van der Waals surface area contributed by atoms with Crippen LogP contribution in [0.25, 0.3) is 0 Å². The van der Waals surface area contributed by atoms with Gasteiger partial charge in [0.2, 0.25) is 10.0 Å². The zero-order chi connectivity index (χ0) is 13.3. The van der Waals surface area contributed by atoms with Gasteiger partial charge in [-0.05, 0) is 44.8 Å². The van der Waals surface area contributed by atoms with E-state index in [2.05, 4.69) is 57.2 Å². The van der Waals surface area contributed by atoms with Crippen LogP contribution in [-0.2, 0) is 10.0 Å². The van der Waals surface area contributed by atoms with Crippen molar-refractivity contribution in [2.24, 2.45) is 0 Å². The van der Waals surface area contributed by atoms with Crippen LogP contribution < -0.4 is 4.72 Å². The minimum absolute atomic E-state index is 0.176. The second-order valence-corrected chi connectivity index (χ2v) is 8.73. The molecule has 2 aromatic heterocycles. The van der Waals surface area contributed by atoms with Gasteiger partial charge in [-0.15, -0.1) is 21.5 Å². The van der Waals surface area contributed by atoms with E-state index in [0.29, 0.717) is 3.79 Å². The van der Waals surface area contributed by atoms with Crippen LogP contribution in [0.3, 0.4) is 0 Å². The largest absolute Gasteiger partial charge is 0.243 e. The highest BCUT2D eigenvalue weighted by Crippen LogP contribution is 2.35. The lowest BCUT2D eigenvalue weighted by Crippen LogP contribution is -2.27. The first-order chi connectivity index (χ1) is 8.40. The van der Waals surface area contributed by atoms with Crippen molar-refractivity contribution in [1.29, 1.82) is 0 Å². The molecule has 1 unspecified atom stereocenters. The van der Waals surface area contributed by atoms with E-state index in [1.165, 1.54) is 17.4 Å². The van der Waals surface area contributed by atoms with Crippen LogP contribution in [0.5, 0.6) is 0 Å². The number of rotatable bonds is 4. The highest BCUT2D eigenvalue weighted by atomic mass is 79.9. The second-order valence-electron chi connectivity index (χ2n) is 3.30. The Morgan fingerprint density at radius 1 is 1.50 bits per heavy atom. The molecule has 0 aromatic carbocycles. The van der Waals surface area contributed by atoms with Gasteiger partial charge in [0.15, 0.2) is 5.82 Å². The van der Waals surface area contributed by atoms with Crippen molar-refractivity contribution in [3.63, 3.8) is 0 Å². The Morgan fingerprint density at radius 3 is 2.72 bits per heavy atom. The smallest absolute Gasteiger partial charge is 0.207 e. The molecule has 1 atom stereocenters. The summed E-state index contributed by atoms with van der Waals surface area (Å²) in [7, 11) is -3.63. The zero-order valence-electron chi connectivity index (χ0n) is 8.89. The molecular weight excluding hydrogens is 410 g/mol. The van der Waals surface area contributed by atoms with Crippen LogP contribution in [0, 0.1) is 0 Å². The fourth-order valence-electron chi connectivity index (χ4n) is 1.21. The lowest BCUT2D eigenvalue weighted by atomic mass is 10.4. The van der Waals surface area contributed by atoms with E-state index < -0.39 is 16.1 Å². The van der Waals surface area contributed by atoms with Crippen LogP contribution in [-0.4, -0.2) is 29.0 Å². The SMILES string of the molecule is CC(NS(=O)(=O)c1cc(Br)sc1Br)c1nn[nH]n1. The molecule has 0 aliphatic rings. The molecule has 2 heterocycles. The summed E-state index contributed by atoms with van der Waals surface area (Å²) < 4.78 is 28.0. The summed E-state index contributed by atoms with van der Waals surface area (Å²) in [6.45, 7) is 1.64. The van der Waals surface area contributed by atoms with Gasteiger partial charge in [-0.2, -0.15) is 5.21 Å². The maximum Gasteiger partial charge on any atom is 0.243 e. The van der Waals surface area contributed by atoms with Crippen molar-refractivity contribution in [2.45, 2.75) is 17.9 Å². The quantitative estimate of drug-likeness (QED) is 0.791. The van der Waals surface area contributed by atoms with Gasteiger partial charge < -0.3 is 0 Å². The minimum Gasteiger partial charge on any atom is -0.207 e. The maximum absolute atomic E-state index is 12.1. The molecule has 0 saturated heterocycles. The third-order valence-electron chi connectivity index (χ3n) is 2.00. The topological polar surface area (TPSA) is 101 Å². The first-order valence-electron chi connectivity index (χ1n) is 4.60. The van der Waals surface area contributed by atoms with Gasteiger partial charge in [0, 0.05) is 0 Å². The van der Waals surface area contributed by atoms with Gasteiger partial charge in [0.25, 0.3) is 0 Å². The first kappa shape index (κ1) is 14.1. The molecule has 2 N–H and O–H groups in total. The number of halogens is 2. The molecule has 0 bridgehead atoms. The van der Waals surface area contributed by atoms with E-state index in [-0.39, 0.29) is 10.7 Å². The summed E-state index contributed by atoms with van der Waals surface area (Å²) in [5.74, 6) is 0.281. The van der Waals surface area contributed by atoms with Crippen LogP contribution in [0.4, 0.5) is 0 Å². The predicted molar refractivity (Wildman–Crippen MR) is 72.6 cm³/mol. The van der Waals surface area contributed by atoms with E-state index in [1.807, 2.05) is 0 Å². The molecule has 2 rings (SSSR count). The van der Waals surface area contributed by atoms with E-state index in [9.17, 15) is 8.42 Å². The molecule has 0 aliphatic heterocycles. The van der Waals surface area contributed by atoms with Crippen LogP contribution in [0.15, 0.2) is 18.5 Å². The van der Waals surface area contributed by atoms with Crippen LogP contribution in [0.2, 0.25) is 0 Å². The Morgan fingerprint density at radius 2 is 2.22 bits per heavy atom. The Balaban J connectivity index is 2.25. The predicted octanol–water partition coefficient (Wildman–Crippen LogP) is 1.83. The van der Waals surface area contributed by atoms with Gasteiger partial charge >= 0.3 is 0 Å². The highest BCUT2D eigenvalue weighted by molar-refractivity contribution is 9.12. The molecule has 0 amide bonds. The summed E-state index contributed by atoms with van der Waals surface area (Å²) in [5.41, 5.74) is 0. The fourth-order valence-corrected chi connectivity index (χ4v) is 6.22. The molecule has 18 heavy (non-hydrogen) atoms. The molecule has 98 valence electrons. The highest BCUT2D eigenvalue weighted by Gasteiger charge is 2.24. The van der Waals surface area contributed by atoms with Crippen molar-refractivity contribution in [2.75, 3.05) is 0 Å². The Hall–Kier alpha value is -0.360. The summed E-state index contributed by atoms with van der Waals surface area (Å²) >= 11 is 7.73. The molecule has 11 heteroatoms. The third kappa shape index (κ3) is 2.96.